The summed E-state index contributed by atoms with van der Waals surface area (Å²) in [7, 11) is 2.15. The molecule has 0 spiro atoms. The van der Waals surface area contributed by atoms with Gasteiger partial charge in [0.25, 0.3) is 0 Å². The van der Waals surface area contributed by atoms with Crippen molar-refractivity contribution in [3.8, 4) is 0 Å². The molecule has 0 bridgehead atoms. The van der Waals surface area contributed by atoms with Crippen LogP contribution in [0.4, 0.5) is 0 Å². The Kier molecular flexibility index (Phi) is 5.96. The minimum atomic E-state index is 0.391. The lowest BCUT2D eigenvalue weighted by Gasteiger charge is -2.25. The molecule has 1 aromatic rings. The fraction of sp³-hybridized carbons (Fsp3) is 0.571. The minimum absolute atomic E-state index is 0.391. The third-order valence-corrected chi connectivity index (χ3v) is 3.24. The largest absolute Gasteiger partial charge is 0.313 e. The van der Waals surface area contributed by atoms with Gasteiger partial charge in [-0.2, -0.15) is 0 Å². The lowest BCUT2D eigenvalue weighted by molar-refractivity contribution is 0.259. The molecule has 96 valence electrons. The van der Waals surface area contributed by atoms with Gasteiger partial charge < -0.3 is 5.32 Å². The average Bonchev–Trinajstić information content (AvgIpc) is 2.27. The average molecular weight is 255 g/mol. The van der Waals surface area contributed by atoms with Gasteiger partial charge >= 0.3 is 0 Å². The third kappa shape index (κ3) is 5.07. The van der Waals surface area contributed by atoms with E-state index in [-0.39, 0.29) is 0 Å². The Morgan fingerprint density at radius 1 is 1.29 bits per heavy atom. The van der Waals surface area contributed by atoms with Gasteiger partial charge in [0.15, 0.2) is 0 Å². The summed E-state index contributed by atoms with van der Waals surface area (Å²) in [6, 6.07) is 9.03. The van der Waals surface area contributed by atoms with Crippen molar-refractivity contribution in [1.29, 1.82) is 0 Å². The first-order valence-electron chi connectivity index (χ1n) is 6.19. The van der Waals surface area contributed by atoms with Gasteiger partial charge in [-0.3, -0.25) is 4.90 Å². The molecule has 1 rings (SSSR count). The van der Waals surface area contributed by atoms with Crippen molar-refractivity contribution < 1.29 is 0 Å². The van der Waals surface area contributed by atoms with E-state index in [1.807, 2.05) is 18.2 Å². The van der Waals surface area contributed by atoms with E-state index in [1.54, 1.807) is 0 Å². The summed E-state index contributed by atoms with van der Waals surface area (Å²) < 4.78 is 0. The number of hydrogen-bond donors (Lipinski definition) is 1. The highest BCUT2D eigenvalue weighted by molar-refractivity contribution is 6.30. The number of rotatable bonds is 6. The Balaban J connectivity index is 2.48. The second-order valence-corrected chi connectivity index (χ2v) is 5.26. The van der Waals surface area contributed by atoms with Crippen LogP contribution in [0, 0.1) is 0 Å². The molecular weight excluding hydrogens is 232 g/mol. The molecule has 2 nitrogen and oxygen atoms in total. The van der Waals surface area contributed by atoms with Gasteiger partial charge in [0, 0.05) is 30.2 Å². The SMILES string of the molecule is CC(C)NCCN(C)C(C)c1cccc(Cl)c1. The molecule has 0 fully saturated rings. The monoisotopic (exact) mass is 254 g/mol. The topological polar surface area (TPSA) is 15.3 Å². The molecule has 0 radical (unpaired) electrons. The molecule has 1 N–H and O–H groups in total. The first kappa shape index (κ1) is 14.5. The van der Waals surface area contributed by atoms with Gasteiger partial charge in [-0.1, -0.05) is 37.6 Å². The quantitative estimate of drug-likeness (QED) is 0.838. The van der Waals surface area contributed by atoms with Crippen LogP contribution in [0.15, 0.2) is 24.3 Å². The van der Waals surface area contributed by atoms with Gasteiger partial charge in [-0.05, 0) is 31.7 Å². The molecule has 0 aliphatic heterocycles. The lowest BCUT2D eigenvalue weighted by atomic mass is 10.1. The highest BCUT2D eigenvalue weighted by Crippen LogP contribution is 2.21. The summed E-state index contributed by atoms with van der Waals surface area (Å²) in [4.78, 5) is 2.33. The Morgan fingerprint density at radius 2 is 2.00 bits per heavy atom. The number of hydrogen-bond acceptors (Lipinski definition) is 2. The Labute approximate surface area is 110 Å². The van der Waals surface area contributed by atoms with E-state index >= 15 is 0 Å². The lowest BCUT2D eigenvalue weighted by Crippen LogP contribution is -2.34. The molecule has 0 aliphatic rings. The molecule has 1 unspecified atom stereocenters. The van der Waals surface area contributed by atoms with Crippen LogP contribution in [-0.2, 0) is 0 Å². The predicted octanol–water partition coefficient (Wildman–Crippen LogP) is 3.33. The zero-order chi connectivity index (χ0) is 12.8. The van der Waals surface area contributed by atoms with Crippen molar-refractivity contribution in [3.05, 3.63) is 34.9 Å². The van der Waals surface area contributed by atoms with Crippen molar-refractivity contribution in [2.75, 3.05) is 20.1 Å². The van der Waals surface area contributed by atoms with E-state index < -0.39 is 0 Å². The first-order valence-corrected chi connectivity index (χ1v) is 6.57. The van der Waals surface area contributed by atoms with Crippen molar-refractivity contribution in [2.45, 2.75) is 32.9 Å². The highest BCUT2D eigenvalue weighted by atomic mass is 35.5. The number of likely N-dealkylation sites (N-methyl/N-ethyl adjacent to an activating group) is 1. The second kappa shape index (κ2) is 7.00. The molecule has 0 heterocycles. The fourth-order valence-corrected chi connectivity index (χ4v) is 1.94. The zero-order valence-electron chi connectivity index (χ0n) is 11.2. The van der Waals surface area contributed by atoms with Gasteiger partial charge in [0.2, 0.25) is 0 Å². The smallest absolute Gasteiger partial charge is 0.0409 e. The zero-order valence-corrected chi connectivity index (χ0v) is 12.0. The summed E-state index contributed by atoms with van der Waals surface area (Å²) in [5.74, 6) is 0. The normalized spacial score (nSPS) is 13.4. The molecule has 0 saturated heterocycles. The maximum atomic E-state index is 6.01. The summed E-state index contributed by atoms with van der Waals surface area (Å²) in [5.41, 5.74) is 1.27. The van der Waals surface area contributed by atoms with Crippen molar-refractivity contribution >= 4 is 11.6 Å². The van der Waals surface area contributed by atoms with Crippen LogP contribution in [0.2, 0.25) is 5.02 Å². The summed E-state index contributed by atoms with van der Waals surface area (Å²) >= 11 is 6.01. The van der Waals surface area contributed by atoms with Crippen LogP contribution in [0.1, 0.15) is 32.4 Å². The Bertz CT molecular complexity index is 339. The van der Waals surface area contributed by atoms with Crippen LogP contribution < -0.4 is 5.32 Å². The van der Waals surface area contributed by atoms with Gasteiger partial charge in [-0.15, -0.1) is 0 Å². The number of halogens is 1. The molecule has 0 saturated carbocycles. The molecule has 0 aromatic heterocycles. The van der Waals surface area contributed by atoms with Gasteiger partial charge in [0.05, 0.1) is 0 Å². The fourth-order valence-electron chi connectivity index (χ4n) is 1.74. The standard InChI is InChI=1S/C14H23ClN2/c1-11(2)16-8-9-17(4)12(3)13-6-5-7-14(15)10-13/h5-7,10-12,16H,8-9H2,1-4H3. The van der Waals surface area contributed by atoms with Crippen LogP contribution in [0.5, 0.6) is 0 Å². The number of nitrogens with zero attached hydrogens (tertiary/aromatic N) is 1. The van der Waals surface area contributed by atoms with E-state index in [9.17, 15) is 0 Å². The number of benzene rings is 1. The van der Waals surface area contributed by atoms with Crippen LogP contribution in [0.25, 0.3) is 0 Å². The highest BCUT2D eigenvalue weighted by Gasteiger charge is 2.11. The van der Waals surface area contributed by atoms with E-state index in [1.165, 1.54) is 5.56 Å². The molecule has 0 amide bonds. The van der Waals surface area contributed by atoms with E-state index in [0.29, 0.717) is 12.1 Å². The van der Waals surface area contributed by atoms with E-state index in [0.717, 1.165) is 18.1 Å². The molecule has 3 heteroatoms. The second-order valence-electron chi connectivity index (χ2n) is 4.82. The Hall–Kier alpha value is -0.570. The van der Waals surface area contributed by atoms with Crippen LogP contribution >= 0.6 is 11.6 Å². The van der Waals surface area contributed by atoms with Crippen molar-refractivity contribution in [3.63, 3.8) is 0 Å². The van der Waals surface area contributed by atoms with Gasteiger partial charge in [-0.25, -0.2) is 0 Å². The van der Waals surface area contributed by atoms with E-state index in [4.69, 9.17) is 11.6 Å². The molecule has 1 atom stereocenters. The van der Waals surface area contributed by atoms with Crippen molar-refractivity contribution in [2.24, 2.45) is 0 Å². The summed E-state index contributed by atoms with van der Waals surface area (Å²) in [6.45, 7) is 8.59. The van der Waals surface area contributed by atoms with Crippen LogP contribution in [-0.4, -0.2) is 31.1 Å². The van der Waals surface area contributed by atoms with Crippen LogP contribution in [0.3, 0.4) is 0 Å². The minimum Gasteiger partial charge on any atom is -0.313 e. The molecule has 17 heavy (non-hydrogen) atoms. The predicted molar refractivity (Wildman–Crippen MR) is 75.6 cm³/mol. The Morgan fingerprint density at radius 3 is 2.59 bits per heavy atom. The van der Waals surface area contributed by atoms with E-state index in [2.05, 4.69) is 44.1 Å². The molecular formula is C14H23ClN2. The maximum Gasteiger partial charge on any atom is 0.0409 e. The molecule has 1 aromatic carbocycles. The molecule has 0 aliphatic carbocycles. The number of nitrogens with one attached hydrogen (secondary N) is 1. The first-order chi connectivity index (χ1) is 8.00. The van der Waals surface area contributed by atoms with Crippen molar-refractivity contribution in [1.82, 2.24) is 10.2 Å². The maximum absolute atomic E-state index is 6.01. The summed E-state index contributed by atoms with van der Waals surface area (Å²) in [5, 5.41) is 4.23. The van der Waals surface area contributed by atoms with Gasteiger partial charge in [0.1, 0.15) is 0 Å². The third-order valence-electron chi connectivity index (χ3n) is 3.01. The summed E-state index contributed by atoms with van der Waals surface area (Å²) in [6.07, 6.45) is 0.